The van der Waals surface area contributed by atoms with Gasteiger partial charge in [0.15, 0.2) is 23.0 Å². The van der Waals surface area contributed by atoms with Gasteiger partial charge in [0.2, 0.25) is 5.91 Å². The lowest BCUT2D eigenvalue weighted by Crippen LogP contribution is -2.21. The van der Waals surface area contributed by atoms with E-state index < -0.39 is 0 Å². The van der Waals surface area contributed by atoms with Gasteiger partial charge in [-0.3, -0.25) is 14.4 Å². The molecule has 2 aliphatic heterocycles. The number of pyridine rings is 2. The normalized spacial score (nSPS) is 15.1. The third kappa shape index (κ3) is 8.22. The Bertz CT molecular complexity index is 2500. The zero-order chi connectivity index (χ0) is 38.4. The van der Waals surface area contributed by atoms with Crippen molar-refractivity contribution >= 4 is 38.8 Å². The van der Waals surface area contributed by atoms with Crippen molar-refractivity contribution in [2.45, 2.75) is 58.0 Å². The van der Waals surface area contributed by atoms with Crippen molar-refractivity contribution in [1.82, 2.24) is 9.13 Å². The molecule has 4 heterocycles. The molecule has 1 amide bonds. The first-order valence-electron chi connectivity index (χ1n) is 19.5. The molecule has 0 radical (unpaired) electrons. The summed E-state index contributed by atoms with van der Waals surface area (Å²) in [5, 5.41) is 5.86. The number of amides is 1. The predicted molar refractivity (Wildman–Crippen MR) is 218 cm³/mol. The van der Waals surface area contributed by atoms with Crippen LogP contribution in [0.5, 0.6) is 23.0 Å². The van der Waals surface area contributed by atoms with Crippen LogP contribution in [0.3, 0.4) is 0 Å². The largest absolute Gasteiger partial charge is 0.486 e. The lowest BCUT2D eigenvalue weighted by atomic mass is 9.96. The van der Waals surface area contributed by atoms with Gasteiger partial charge >= 0.3 is 0 Å². The maximum Gasteiger partial charge on any atom is 0.258 e. The van der Waals surface area contributed by atoms with Crippen LogP contribution in [0.2, 0.25) is 0 Å². The highest BCUT2D eigenvalue weighted by molar-refractivity contribution is 6.01. The highest BCUT2D eigenvalue weighted by Gasteiger charge is 2.18. The third-order valence-electron chi connectivity index (χ3n) is 10.7. The molecule has 4 aromatic carbocycles. The number of nitrogens with one attached hydrogen (secondary N) is 1. The van der Waals surface area contributed by atoms with E-state index in [1.165, 1.54) is 25.7 Å². The van der Waals surface area contributed by atoms with Gasteiger partial charge in [-0.2, -0.15) is 0 Å². The number of ether oxygens (including phenoxy) is 4. The van der Waals surface area contributed by atoms with Crippen LogP contribution in [0.15, 0.2) is 107 Å². The molecule has 1 fully saturated rings. The number of hydrogen-bond acceptors (Lipinski definition) is 8. The monoisotopic (exact) mass is 754 g/mol. The number of carbonyl (C=O) groups is 1. The first-order valence-corrected chi connectivity index (χ1v) is 19.5. The van der Waals surface area contributed by atoms with Crippen LogP contribution in [-0.4, -0.2) is 41.5 Å². The molecule has 0 spiro atoms. The summed E-state index contributed by atoms with van der Waals surface area (Å²) in [6, 6.07) is 26.2. The maximum absolute atomic E-state index is 13.2. The van der Waals surface area contributed by atoms with E-state index in [-0.39, 0.29) is 17.0 Å². The fourth-order valence-corrected chi connectivity index (χ4v) is 7.82. The van der Waals surface area contributed by atoms with Gasteiger partial charge in [-0.1, -0.05) is 49.9 Å². The molecular formula is C45H46N4O7. The lowest BCUT2D eigenvalue weighted by molar-refractivity contribution is -0.117. The summed E-state index contributed by atoms with van der Waals surface area (Å²) < 4.78 is 25.7. The molecule has 0 unspecified atom stereocenters. The van der Waals surface area contributed by atoms with Crippen molar-refractivity contribution in [3.05, 3.63) is 129 Å². The van der Waals surface area contributed by atoms with Gasteiger partial charge in [-0.05, 0) is 90.6 Å². The highest BCUT2D eigenvalue weighted by atomic mass is 16.6. The molecule has 6 aromatic rings. The fourth-order valence-electron chi connectivity index (χ4n) is 7.82. The van der Waals surface area contributed by atoms with Crippen molar-refractivity contribution in [2.75, 3.05) is 37.5 Å². The van der Waals surface area contributed by atoms with Gasteiger partial charge in [0.1, 0.15) is 26.4 Å². The quantitative estimate of drug-likeness (QED) is 0.126. The van der Waals surface area contributed by atoms with Crippen LogP contribution in [0, 0.1) is 5.92 Å². The number of nitrogens with zero attached hydrogens (tertiary/aromatic N) is 2. The van der Waals surface area contributed by atoms with Crippen LogP contribution in [0.25, 0.3) is 21.5 Å². The predicted octanol–water partition coefficient (Wildman–Crippen LogP) is 7.52. The molecule has 2 aromatic heterocycles. The minimum Gasteiger partial charge on any atom is -0.486 e. The number of benzene rings is 4. The van der Waals surface area contributed by atoms with Gasteiger partial charge in [0, 0.05) is 51.7 Å². The van der Waals surface area contributed by atoms with Crippen molar-refractivity contribution < 1.29 is 23.7 Å². The van der Waals surface area contributed by atoms with Crippen LogP contribution >= 0.6 is 0 Å². The molecule has 56 heavy (non-hydrogen) atoms. The Labute approximate surface area is 324 Å². The van der Waals surface area contributed by atoms with Gasteiger partial charge in [0.05, 0.1) is 13.1 Å². The topological polar surface area (TPSA) is 136 Å². The van der Waals surface area contributed by atoms with Gasteiger partial charge in [-0.25, -0.2) is 0 Å². The molecule has 288 valence electrons. The minimum atomic E-state index is -0.0812. The summed E-state index contributed by atoms with van der Waals surface area (Å²) in [6.45, 7) is 3.10. The Hall–Kier alpha value is -6.23. The van der Waals surface area contributed by atoms with Crippen LogP contribution in [0.1, 0.15) is 56.1 Å². The Morgan fingerprint density at radius 3 is 1.71 bits per heavy atom. The molecule has 1 saturated carbocycles. The maximum atomic E-state index is 13.2. The molecule has 3 aliphatic rings. The number of nitrogens with two attached hydrogens (primary N) is 1. The molecule has 11 heteroatoms. The van der Waals surface area contributed by atoms with Gasteiger partial charge < -0.3 is 39.1 Å². The number of carbonyl (C=O) groups excluding carboxylic acids is 1. The van der Waals surface area contributed by atoms with E-state index in [1.54, 1.807) is 39.7 Å². The van der Waals surface area contributed by atoms with E-state index in [2.05, 4.69) is 5.32 Å². The van der Waals surface area contributed by atoms with Crippen LogP contribution in [0.4, 0.5) is 11.4 Å². The standard InChI is InChI=1S/C27H30N2O4.C18H16N2O3/c30-26(17-19-6-3-1-2-4-7-19)28-23-9-5-8-22-21(23)12-13-29(27(22)31)18-20-10-11-24-25(16-20)33-15-14-32-24;19-15-3-1-2-14-13(15)6-7-20(18(14)21)11-12-4-5-16-17(10-12)23-9-8-22-16/h5,8-13,16,19H,1-4,6-7,14-15,17-18H2,(H,28,30);1-7,10H,8-9,11,19H2. The Kier molecular flexibility index (Phi) is 10.9. The third-order valence-corrected chi connectivity index (χ3v) is 10.7. The first-order chi connectivity index (χ1) is 27.4. The number of rotatable bonds is 7. The summed E-state index contributed by atoms with van der Waals surface area (Å²) >= 11 is 0. The first kappa shape index (κ1) is 36.7. The molecule has 1 aliphatic carbocycles. The summed E-state index contributed by atoms with van der Waals surface area (Å²) in [5.41, 5.74) is 9.07. The SMILES string of the molecule is Nc1cccc2c(=O)n(Cc3ccc4c(c3)OCCO4)ccc12.O=C(CC1CCCCCC1)Nc1cccc2c(=O)n(Cc3ccc4c(c3)OCCO4)ccc12. The van der Waals surface area contributed by atoms with E-state index in [0.29, 0.717) is 79.8 Å². The molecule has 11 nitrogen and oxygen atoms in total. The summed E-state index contributed by atoms with van der Waals surface area (Å²) in [5.74, 6) is 3.43. The van der Waals surface area contributed by atoms with E-state index in [9.17, 15) is 14.4 Å². The Morgan fingerprint density at radius 1 is 0.607 bits per heavy atom. The Morgan fingerprint density at radius 2 is 1.12 bits per heavy atom. The average Bonchev–Trinajstić information content (AvgIpc) is 3.49. The summed E-state index contributed by atoms with van der Waals surface area (Å²) in [6.07, 6.45) is 11.4. The highest BCUT2D eigenvalue weighted by Crippen LogP contribution is 2.33. The number of fused-ring (bicyclic) bond motifs is 4. The molecule has 0 saturated heterocycles. The zero-order valence-electron chi connectivity index (χ0n) is 31.3. The second-order valence-electron chi connectivity index (χ2n) is 14.6. The van der Waals surface area contributed by atoms with E-state index in [1.807, 2.05) is 66.7 Å². The second-order valence-corrected chi connectivity index (χ2v) is 14.6. The van der Waals surface area contributed by atoms with Crippen molar-refractivity contribution in [1.29, 1.82) is 0 Å². The summed E-state index contributed by atoms with van der Waals surface area (Å²) in [4.78, 5) is 38.6. The molecule has 0 bridgehead atoms. The van der Waals surface area contributed by atoms with Crippen molar-refractivity contribution in [3.63, 3.8) is 0 Å². The van der Waals surface area contributed by atoms with Crippen LogP contribution < -0.4 is 41.1 Å². The second kappa shape index (κ2) is 16.6. The summed E-state index contributed by atoms with van der Waals surface area (Å²) in [7, 11) is 0. The van der Waals surface area contributed by atoms with Gasteiger partial charge in [0.25, 0.3) is 11.1 Å². The van der Waals surface area contributed by atoms with E-state index in [4.69, 9.17) is 24.7 Å². The number of hydrogen-bond donors (Lipinski definition) is 2. The molecule has 0 atom stereocenters. The smallest absolute Gasteiger partial charge is 0.258 e. The molecule has 9 rings (SSSR count). The Balaban J connectivity index is 0.000000168. The molecule has 3 N–H and O–H groups in total. The number of anilines is 2. The number of nitrogen functional groups attached to an aromatic ring is 1. The van der Waals surface area contributed by atoms with Crippen LogP contribution in [-0.2, 0) is 17.9 Å². The van der Waals surface area contributed by atoms with Crippen molar-refractivity contribution in [2.24, 2.45) is 5.92 Å². The fraction of sp³-hybridized carbons (Fsp3) is 0.311. The molecular weight excluding hydrogens is 709 g/mol. The van der Waals surface area contributed by atoms with Crippen molar-refractivity contribution in [3.8, 4) is 23.0 Å². The minimum absolute atomic E-state index is 0.0369. The van der Waals surface area contributed by atoms with E-state index in [0.717, 1.165) is 52.0 Å². The lowest BCUT2D eigenvalue weighted by Gasteiger charge is -2.19. The number of aromatic nitrogens is 2. The van der Waals surface area contributed by atoms with Gasteiger partial charge in [-0.15, -0.1) is 0 Å². The van der Waals surface area contributed by atoms with E-state index >= 15 is 0 Å². The average molecular weight is 755 g/mol. The zero-order valence-corrected chi connectivity index (χ0v) is 31.3.